The van der Waals surface area contributed by atoms with E-state index in [2.05, 4.69) is 81.4 Å². The Morgan fingerprint density at radius 1 is 0.951 bits per heavy atom. The third kappa shape index (κ3) is 5.45. The average Bonchev–Trinajstić information content (AvgIpc) is 3.47. The van der Waals surface area contributed by atoms with Crippen LogP contribution in [0.2, 0.25) is 0 Å². The van der Waals surface area contributed by atoms with Crippen molar-refractivity contribution in [3.63, 3.8) is 0 Å². The highest BCUT2D eigenvalue weighted by atomic mass is 32.1. The van der Waals surface area contributed by atoms with Crippen molar-refractivity contribution < 1.29 is 4.79 Å². The second kappa shape index (κ2) is 11.6. The zero-order valence-electron chi connectivity index (χ0n) is 23.2. The van der Waals surface area contributed by atoms with Gasteiger partial charge in [0.2, 0.25) is 5.91 Å². The quantitative estimate of drug-likeness (QED) is 0.207. The number of carbonyl (C=O) groups excluding carboxylic acids is 1. The number of aryl methyl sites for hydroxylation is 1. The molecule has 206 valence electrons. The van der Waals surface area contributed by atoms with Crippen LogP contribution in [0.25, 0.3) is 10.8 Å². The van der Waals surface area contributed by atoms with Gasteiger partial charge in [0.25, 0.3) is 0 Å². The molecule has 0 aliphatic carbocycles. The molecule has 1 aliphatic heterocycles. The van der Waals surface area contributed by atoms with Gasteiger partial charge in [0.15, 0.2) is 5.11 Å². The van der Waals surface area contributed by atoms with E-state index in [9.17, 15) is 4.79 Å². The monoisotopic (exact) mass is 559 g/mol. The van der Waals surface area contributed by atoms with E-state index in [-0.39, 0.29) is 18.0 Å². The number of hydrogen-bond acceptors (Lipinski definition) is 3. The van der Waals surface area contributed by atoms with Crippen molar-refractivity contribution in [1.82, 2.24) is 19.8 Å². The molecule has 1 fully saturated rings. The number of aromatic nitrogens is 2. The number of fused-ring (bicyclic) bond motifs is 1. The van der Waals surface area contributed by atoms with Crippen LogP contribution in [0.15, 0.2) is 103 Å². The van der Waals surface area contributed by atoms with Gasteiger partial charge in [0, 0.05) is 48.2 Å². The van der Waals surface area contributed by atoms with Crippen LogP contribution in [0.1, 0.15) is 46.7 Å². The fraction of sp³-hybridized carbons (Fsp3) is 0.206. The lowest BCUT2D eigenvalue weighted by molar-refractivity contribution is -0.116. The number of rotatable bonds is 8. The Hall–Kier alpha value is -4.49. The van der Waals surface area contributed by atoms with E-state index in [0.717, 1.165) is 28.7 Å². The first-order chi connectivity index (χ1) is 20.0. The fourth-order valence-corrected chi connectivity index (χ4v) is 6.22. The largest absolute Gasteiger partial charge is 0.352 e. The van der Waals surface area contributed by atoms with Gasteiger partial charge < -0.3 is 20.1 Å². The maximum absolute atomic E-state index is 13.2. The molecule has 0 saturated carbocycles. The molecule has 0 unspecified atom stereocenters. The number of pyridine rings is 1. The Kier molecular flexibility index (Phi) is 7.53. The third-order valence-corrected chi connectivity index (χ3v) is 8.31. The second-order valence-electron chi connectivity index (χ2n) is 10.5. The van der Waals surface area contributed by atoms with Gasteiger partial charge in [-0.05, 0) is 66.8 Å². The van der Waals surface area contributed by atoms with Crippen LogP contribution in [-0.2, 0) is 11.3 Å². The Labute approximate surface area is 246 Å². The Morgan fingerprint density at radius 2 is 1.71 bits per heavy atom. The van der Waals surface area contributed by atoms with Crippen molar-refractivity contribution >= 4 is 39.7 Å². The molecule has 1 amide bonds. The normalized spacial score (nSPS) is 16.6. The number of carbonyl (C=O) groups is 1. The summed E-state index contributed by atoms with van der Waals surface area (Å²) >= 11 is 5.88. The van der Waals surface area contributed by atoms with Crippen LogP contribution >= 0.6 is 12.2 Å². The topological polar surface area (TPSA) is 62.2 Å². The van der Waals surface area contributed by atoms with Crippen molar-refractivity contribution in [3.05, 3.63) is 131 Å². The highest BCUT2D eigenvalue weighted by molar-refractivity contribution is 7.80. The maximum Gasteiger partial charge on any atom is 0.226 e. The van der Waals surface area contributed by atoms with E-state index >= 15 is 0 Å². The zero-order valence-corrected chi connectivity index (χ0v) is 24.1. The predicted molar refractivity (Wildman–Crippen MR) is 169 cm³/mol. The van der Waals surface area contributed by atoms with Gasteiger partial charge in [0.05, 0.1) is 17.8 Å². The molecule has 2 N–H and O–H groups in total. The lowest BCUT2D eigenvalue weighted by Gasteiger charge is -2.28. The Morgan fingerprint density at radius 3 is 2.51 bits per heavy atom. The molecular formula is C34H33N5OS. The van der Waals surface area contributed by atoms with E-state index in [0.29, 0.717) is 18.1 Å². The predicted octanol–water partition coefficient (Wildman–Crippen LogP) is 6.70. The molecule has 6 nitrogen and oxygen atoms in total. The third-order valence-electron chi connectivity index (χ3n) is 7.96. The molecule has 1 saturated heterocycles. The minimum atomic E-state index is -0.129. The molecule has 3 heterocycles. The van der Waals surface area contributed by atoms with Gasteiger partial charge in [-0.3, -0.25) is 9.78 Å². The van der Waals surface area contributed by atoms with Crippen LogP contribution in [0.4, 0.5) is 5.69 Å². The Balaban J connectivity index is 1.28. The number of anilines is 1. The highest BCUT2D eigenvalue weighted by Gasteiger charge is 2.41. The minimum absolute atomic E-state index is 0.0428. The second-order valence-corrected chi connectivity index (χ2v) is 10.9. The first kappa shape index (κ1) is 26.7. The summed E-state index contributed by atoms with van der Waals surface area (Å²) in [5, 5.41) is 9.41. The van der Waals surface area contributed by atoms with Gasteiger partial charge in [0.1, 0.15) is 0 Å². The van der Waals surface area contributed by atoms with Gasteiger partial charge in [-0.15, -0.1) is 0 Å². The standard InChI is InChI=1S/C34H33N5OS/c1-23-21-28(24(2)39(23)22-25-11-4-3-5-12-25)33-32(30-16-8-9-19-35-30)37-34(41)38(33)20-18-31(40)36-29-17-10-14-26-13-6-7-15-27(26)29/h3-17,19,21,32-33H,18,20,22H2,1-2H3,(H,36,40)(H,37,41)/t32-,33-/m0/s1. The van der Waals surface area contributed by atoms with E-state index in [1.165, 1.54) is 22.5 Å². The average molecular weight is 560 g/mol. The van der Waals surface area contributed by atoms with Crippen molar-refractivity contribution in [2.24, 2.45) is 0 Å². The van der Waals surface area contributed by atoms with E-state index in [1.54, 1.807) is 0 Å². The fourth-order valence-electron chi connectivity index (χ4n) is 5.89. The van der Waals surface area contributed by atoms with Crippen molar-refractivity contribution in [3.8, 4) is 0 Å². The summed E-state index contributed by atoms with van der Waals surface area (Å²) in [6.45, 7) is 5.61. The maximum atomic E-state index is 13.2. The van der Waals surface area contributed by atoms with Crippen LogP contribution in [0.5, 0.6) is 0 Å². The molecule has 41 heavy (non-hydrogen) atoms. The number of hydrogen-bond donors (Lipinski definition) is 2. The van der Waals surface area contributed by atoms with Gasteiger partial charge in [-0.1, -0.05) is 72.8 Å². The molecule has 1 aliphatic rings. The van der Waals surface area contributed by atoms with Crippen LogP contribution in [0, 0.1) is 13.8 Å². The van der Waals surface area contributed by atoms with Gasteiger partial charge in [-0.25, -0.2) is 0 Å². The molecule has 3 aromatic carbocycles. The molecular weight excluding hydrogens is 526 g/mol. The summed E-state index contributed by atoms with van der Waals surface area (Å²) in [5.74, 6) is -0.0428. The van der Waals surface area contributed by atoms with E-state index in [1.807, 2.05) is 60.8 Å². The SMILES string of the molecule is Cc1cc([C@H]2[C@H](c3ccccn3)NC(=S)N2CCC(=O)Nc2cccc3ccccc23)c(C)n1Cc1ccccc1. The summed E-state index contributed by atoms with van der Waals surface area (Å²) in [5.41, 5.74) is 6.57. The summed E-state index contributed by atoms with van der Waals surface area (Å²) in [6, 6.07) is 32.5. The molecule has 0 radical (unpaired) electrons. The molecule has 6 rings (SSSR count). The molecule has 7 heteroatoms. The number of nitrogens with zero attached hydrogens (tertiary/aromatic N) is 3. The van der Waals surface area contributed by atoms with Crippen LogP contribution in [0.3, 0.4) is 0 Å². The number of amides is 1. The van der Waals surface area contributed by atoms with Crippen molar-refractivity contribution in [1.29, 1.82) is 0 Å². The van der Waals surface area contributed by atoms with Gasteiger partial charge >= 0.3 is 0 Å². The molecule has 0 bridgehead atoms. The number of benzene rings is 3. The summed E-state index contributed by atoms with van der Waals surface area (Å²) in [7, 11) is 0. The number of thiocarbonyl (C=S) groups is 1. The molecule has 2 atom stereocenters. The number of nitrogens with one attached hydrogen (secondary N) is 2. The van der Waals surface area contributed by atoms with Crippen LogP contribution < -0.4 is 10.6 Å². The summed E-state index contributed by atoms with van der Waals surface area (Å²) < 4.78 is 2.35. The summed E-state index contributed by atoms with van der Waals surface area (Å²) in [4.78, 5) is 20.1. The molecule has 0 spiro atoms. The van der Waals surface area contributed by atoms with Gasteiger partial charge in [-0.2, -0.15) is 0 Å². The smallest absolute Gasteiger partial charge is 0.226 e. The minimum Gasteiger partial charge on any atom is -0.352 e. The lowest BCUT2D eigenvalue weighted by atomic mass is 9.96. The first-order valence-corrected chi connectivity index (χ1v) is 14.4. The summed E-state index contributed by atoms with van der Waals surface area (Å²) in [6.07, 6.45) is 2.12. The zero-order chi connectivity index (χ0) is 28.3. The Bertz CT molecular complexity index is 1690. The molecule has 5 aromatic rings. The van der Waals surface area contributed by atoms with E-state index in [4.69, 9.17) is 12.2 Å². The first-order valence-electron chi connectivity index (χ1n) is 14.0. The van der Waals surface area contributed by atoms with Crippen molar-refractivity contribution in [2.75, 3.05) is 11.9 Å². The van der Waals surface area contributed by atoms with Crippen molar-refractivity contribution in [2.45, 2.75) is 38.9 Å². The lowest BCUT2D eigenvalue weighted by Crippen LogP contribution is -2.33. The van der Waals surface area contributed by atoms with E-state index < -0.39 is 0 Å². The van der Waals surface area contributed by atoms with Crippen LogP contribution in [-0.4, -0.2) is 32.0 Å². The molecule has 2 aromatic heterocycles. The highest BCUT2D eigenvalue weighted by Crippen LogP contribution is 2.41.